The van der Waals surface area contributed by atoms with Crippen molar-refractivity contribution in [1.29, 1.82) is 0 Å². The van der Waals surface area contributed by atoms with Gasteiger partial charge in [-0.3, -0.25) is 9.78 Å². The molecule has 2 aromatic rings. The van der Waals surface area contributed by atoms with Crippen LogP contribution in [0.1, 0.15) is 37.8 Å². The highest BCUT2D eigenvalue weighted by Crippen LogP contribution is 2.22. The number of anilines is 1. The van der Waals surface area contributed by atoms with E-state index in [0.717, 1.165) is 25.7 Å². The van der Waals surface area contributed by atoms with E-state index in [2.05, 4.69) is 10.3 Å². The van der Waals surface area contributed by atoms with E-state index in [1.165, 1.54) is 12.1 Å². The van der Waals surface area contributed by atoms with Crippen molar-refractivity contribution >= 4 is 36.4 Å². The van der Waals surface area contributed by atoms with Gasteiger partial charge in [-0.05, 0) is 43.7 Å². The van der Waals surface area contributed by atoms with Gasteiger partial charge in [-0.1, -0.05) is 18.9 Å². The fourth-order valence-electron chi connectivity index (χ4n) is 2.34. The molecule has 0 aliphatic carbocycles. The van der Waals surface area contributed by atoms with Crippen molar-refractivity contribution in [3.63, 3.8) is 0 Å². The average Bonchev–Trinajstić information content (AvgIpc) is 2.62. The molecular weight excluding hydrogens is 392 g/mol. The molecule has 0 aliphatic heterocycles. The van der Waals surface area contributed by atoms with Gasteiger partial charge < -0.3 is 15.8 Å². The second-order valence-corrected chi connectivity index (χ2v) is 5.76. The van der Waals surface area contributed by atoms with Gasteiger partial charge in [-0.25, -0.2) is 4.39 Å². The Morgan fingerprint density at radius 1 is 1.11 bits per heavy atom. The number of hydrogen-bond acceptors (Lipinski definition) is 4. The molecular formula is C19H26Cl2FN3O2. The highest BCUT2D eigenvalue weighted by molar-refractivity contribution is 5.90. The zero-order valence-electron chi connectivity index (χ0n) is 15.0. The number of pyridine rings is 1. The molecule has 150 valence electrons. The van der Waals surface area contributed by atoms with Crippen LogP contribution in [0.3, 0.4) is 0 Å². The zero-order valence-corrected chi connectivity index (χ0v) is 16.7. The topological polar surface area (TPSA) is 77.2 Å². The first kappa shape index (κ1) is 25.1. The minimum Gasteiger partial charge on any atom is -0.484 e. The van der Waals surface area contributed by atoms with Gasteiger partial charge in [0.1, 0.15) is 6.61 Å². The van der Waals surface area contributed by atoms with Crippen molar-refractivity contribution in [2.45, 2.75) is 38.7 Å². The van der Waals surface area contributed by atoms with Crippen LogP contribution in [0.2, 0.25) is 0 Å². The average molecular weight is 418 g/mol. The Balaban J connectivity index is 0.00000338. The van der Waals surface area contributed by atoms with Gasteiger partial charge in [0.05, 0.1) is 5.69 Å². The Kier molecular flexibility index (Phi) is 13.2. The number of aromatic nitrogens is 1. The molecule has 3 N–H and O–H groups in total. The summed E-state index contributed by atoms with van der Waals surface area (Å²) in [6.07, 6.45) is 5.86. The van der Waals surface area contributed by atoms with Gasteiger partial charge >= 0.3 is 0 Å². The Morgan fingerprint density at radius 2 is 1.89 bits per heavy atom. The van der Waals surface area contributed by atoms with Crippen LogP contribution in [-0.2, 0) is 11.4 Å². The molecule has 1 amide bonds. The molecule has 0 spiro atoms. The van der Waals surface area contributed by atoms with Crippen molar-refractivity contribution < 1.29 is 13.9 Å². The van der Waals surface area contributed by atoms with Gasteiger partial charge in [-0.2, -0.15) is 0 Å². The predicted molar refractivity (Wildman–Crippen MR) is 110 cm³/mol. The minimum atomic E-state index is -0.517. The van der Waals surface area contributed by atoms with Gasteiger partial charge in [0.2, 0.25) is 5.91 Å². The Bertz CT molecular complexity index is 675. The van der Waals surface area contributed by atoms with Crippen LogP contribution in [0.4, 0.5) is 10.1 Å². The summed E-state index contributed by atoms with van der Waals surface area (Å²) in [5, 5.41) is 2.70. The van der Waals surface area contributed by atoms with Crippen LogP contribution in [-0.4, -0.2) is 17.4 Å². The maximum atomic E-state index is 14.1. The first-order valence-corrected chi connectivity index (χ1v) is 8.51. The van der Waals surface area contributed by atoms with Crippen molar-refractivity contribution in [1.82, 2.24) is 4.98 Å². The van der Waals surface area contributed by atoms with E-state index in [-0.39, 0.29) is 43.1 Å². The third kappa shape index (κ3) is 9.56. The highest BCUT2D eigenvalue weighted by Gasteiger charge is 2.08. The summed E-state index contributed by atoms with van der Waals surface area (Å²) in [4.78, 5) is 16.0. The third-order valence-corrected chi connectivity index (χ3v) is 3.68. The second kappa shape index (κ2) is 14.2. The number of nitrogens with zero attached hydrogens (tertiary/aromatic N) is 1. The van der Waals surface area contributed by atoms with Crippen molar-refractivity contribution in [3.05, 3.63) is 54.1 Å². The second-order valence-electron chi connectivity index (χ2n) is 5.76. The number of nitrogens with one attached hydrogen (secondary N) is 1. The van der Waals surface area contributed by atoms with Crippen LogP contribution < -0.4 is 15.8 Å². The fraction of sp³-hybridized carbons (Fsp3) is 0.368. The van der Waals surface area contributed by atoms with Crippen molar-refractivity contribution in [3.8, 4) is 5.75 Å². The van der Waals surface area contributed by atoms with Gasteiger partial charge in [0.25, 0.3) is 0 Å². The van der Waals surface area contributed by atoms with E-state index in [1.54, 1.807) is 24.4 Å². The van der Waals surface area contributed by atoms with Gasteiger partial charge in [0, 0.05) is 24.4 Å². The fourth-order valence-corrected chi connectivity index (χ4v) is 2.34. The Morgan fingerprint density at radius 3 is 2.56 bits per heavy atom. The van der Waals surface area contributed by atoms with Crippen LogP contribution in [0.5, 0.6) is 5.75 Å². The van der Waals surface area contributed by atoms with Gasteiger partial charge in [0.15, 0.2) is 11.6 Å². The smallest absolute Gasteiger partial charge is 0.224 e. The molecule has 2 rings (SSSR count). The summed E-state index contributed by atoms with van der Waals surface area (Å²) in [5.74, 6) is -0.503. The summed E-state index contributed by atoms with van der Waals surface area (Å²) in [6, 6.07) is 9.86. The molecule has 1 aromatic carbocycles. The van der Waals surface area contributed by atoms with E-state index in [9.17, 15) is 9.18 Å². The molecule has 5 nitrogen and oxygen atoms in total. The van der Waals surface area contributed by atoms with Crippen LogP contribution in [0.15, 0.2) is 42.6 Å². The lowest BCUT2D eigenvalue weighted by Crippen LogP contribution is -2.11. The number of amides is 1. The first-order valence-electron chi connectivity index (χ1n) is 8.51. The standard InChI is InChI=1S/C19H24FN3O2.2ClH/c20-17-13-15(23-19(24)8-3-1-2-5-11-21)9-10-18(17)25-14-16-7-4-6-12-22-16;;/h4,6-7,9-10,12-13H,1-3,5,8,11,14,21H2,(H,23,24);2*1H. The largest absolute Gasteiger partial charge is 0.484 e. The van der Waals surface area contributed by atoms with Crippen LogP contribution in [0, 0.1) is 5.82 Å². The lowest BCUT2D eigenvalue weighted by Gasteiger charge is -2.09. The molecule has 0 saturated heterocycles. The first-order chi connectivity index (χ1) is 12.2. The number of carbonyl (C=O) groups is 1. The number of benzene rings is 1. The molecule has 27 heavy (non-hydrogen) atoms. The highest BCUT2D eigenvalue weighted by atomic mass is 35.5. The number of rotatable bonds is 10. The predicted octanol–water partition coefficient (Wildman–Crippen LogP) is 4.49. The number of ether oxygens (including phenoxy) is 1. The maximum absolute atomic E-state index is 14.1. The molecule has 8 heteroatoms. The van der Waals surface area contributed by atoms with E-state index in [1.807, 2.05) is 6.07 Å². The normalized spacial score (nSPS) is 9.70. The van der Waals surface area contributed by atoms with Crippen molar-refractivity contribution in [2.75, 3.05) is 11.9 Å². The lowest BCUT2D eigenvalue weighted by atomic mass is 10.1. The minimum absolute atomic E-state index is 0. The summed E-state index contributed by atoms with van der Waals surface area (Å²) < 4.78 is 19.5. The van der Waals surface area contributed by atoms with E-state index < -0.39 is 5.82 Å². The monoisotopic (exact) mass is 417 g/mol. The number of hydrogen-bond donors (Lipinski definition) is 2. The molecule has 1 aromatic heterocycles. The Labute approximate surface area is 171 Å². The molecule has 0 fully saturated rings. The summed E-state index contributed by atoms with van der Waals surface area (Å²) in [6.45, 7) is 0.868. The number of carbonyl (C=O) groups excluding carboxylic acids is 1. The quantitative estimate of drug-likeness (QED) is 0.558. The molecule has 0 bridgehead atoms. The summed E-state index contributed by atoms with van der Waals surface area (Å²) in [7, 11) is 0. The summed E-state index contributed by atoms with van der Waals surface area (Å²) >= 11 is 0. The lowest BCUT2D eigenvalue weighted by molar-refractivity contribution is -0.116. The zero-order chi connectivity index (χ0) is 17.9. The molecule has 0 radical (unpaired) electrons. The van der Waals surface area contributed by atoms with Crippen LogP contribution >= 0.6 is 24.8 Å². The molecule has 0 saturated carbocycles. The third-order valence-electron chi connectivity index (χ3n) is 3.68. The molecule has 0 aliphatic rings. The maximum Gasteiger partial charge on any atom is 0.224 e. The van der Waals surface area contributed by atoms with E-state index >= 15 is 0 Å². The Hall–Kier alpha value is -1.89. The molecule has 0 unspecified atom stereocenters. The number of unbranched alkanes of at least 4 members (excludes halogenated alkanes) is 3. The van der Waals surface area contributed by atoms with Crippen molar-refractivity contribution in [2.24, 2.45) is 5.73 Å². The SMILES string of the molecule is Cl.Cl.NCCCCCCC(=O)Nc1ccc(OCc2ccccn2)c(F)c1. The van der Waals surface area contributed by atoms with Gasteiger partial charge in [-0.15, -0.1) is 24.8 Å². The molecule has 1 heterocycles. The number of halogens is 3. The summed E-state index contributed by atoms with van der Waals surface area (Å²) in [5.41, 5.74) is 6.57. The van der Waals surface area contributed by atoms with E-state index in [0.29, 0.717) is 24.3 Å². The number of nitrogens with two attached hydrogens (primary N) is 1. The van der Waals surface area contributed by atoms with Crippen LogP contribution in [0.25, 0.3) is 0 Å². The van der Waals surface area contributed by atoms with E-state index in [4.69, 9.17) is 10.5 Å². The molecule has 0 atom stereocenters.